The molecule has 0 unspecified atom stereocenters. The van der Waals surface area contributed by atoms with Crippen molar-refractivity contribution < 1.29 is 14.3 Å². The predicted octanol–water partition coefficient (Wildman–Crippen LogP) is 2.21. The van der Waals surface area contributed by atoms with Crippen LogP contribution in [-0.4, -0.2) is 35.0 Å². The van der Waals surface area contributed by atoms with Crippen LogP contribution in [0.15, 0.2) is 29.8 Å². The molecule has 0 aromatic carbocycles. The Morgan fingerprint density at radius 1 is 1.35 bits per heavy atom. The maximum atomic E-state index is 11.9. The molecule has 2 aromatic heterocycles. The molecule has 2 rings (SSSR count). The van der Waals surface area contributed by atoms with E-state index in [0.717, 1.165) is 16.4 Å². The van der Waals surface area contributed by atoms with Crippen molar-refractivity contribution in [2.45, 2.75) is 26.2 Å². The van der Waals surface area contributed by atoms with E-state index in [4.69, 9.17) is 4.74 Å². The fourth-order valence-electron chi connectivity index (χ4n) is 1.92. The molecule has 1 amide bonds. The number of ether oxygens (including phenoxy) is 1. The molecule has 0 radical (unpaired) electrons. The number of esters is 1. The number of thiazole rings is 1. The average Bonchev–Trinajstić information content (AvgIpc) is 3.01. The molecule has 0 atom stereocenters. The molecular weight excluding hydrogens is 314 g/mol. The van der Waals surface area contributed by atoms with E-state index in [-0.39, 0.29) is 18.3 Å². The lowest BCUT2D eigenvalue weighted by molar-refractivity contribution is -0.143. The summed E-state index contributed by atoms with van der Waals surface area (Å²) in [6, 6.07) is 5.64. The quantitative estimate of drug-likeness (QED) is 0.592. The summed E-state index contributed by atoms with van der Waals surface area (Å²) in [5, 5.41) is 5.44. The Bertz CT molecular complexity index is 643. The number of amides is 1. The van der Waals surface area contributed by atoms with Crippen LogP contribution in [-0.2, 0) is 20.7 Å². The average molecular weight is 333 g/mol. The summed E-state index contributed by atoms with van der Waals surface area (Å²) in [6.07, 6.45) is 2.82. The van der Waals surface area contributed by atoms with Crippen molar-refractivity contribution in [3.05, 3.63) is 35.5 Å². The number of hydrogen-bond donors (Lipinski definition) is 1. The van der Waals surface area contributed by atoms with Gasteiger partial charge in [-0.3, -0.25) is 14.6 Å². The second-order valence-corrected chi connectivity index (χ2v) is 5.65. The molecular formula is C16H19N3O3S. The summed E-state index contributed by atoms with van der Waals surface area (Å²) in [6.45, 7) is 2.61. The minimum absolute atomic E-state index is 0.105. The second-order valence-electron chi connectivity index (χ2n) is 4.79. The van der Waals surface area contributed by atoms with Crippen molar-refractivity contribution in [2.24, 2.45) is 0 Å². The Morgan fingerprint density at radius 3 is 2.96 bits per heavy atom. The Hall–Kier alpha value is -2.28. The van der Waals surface area contributed by atoms with Crippen molar-refractivity contribution in [1.29, 1.82) is 0 Å². The Balaban J connectivity index is 1.74. The van der Waals surface area contributed by atoms with Crippen LogP contribution in [0.25, 0.3) is 10.7 Å². The highest BCUT2D eigenvalue weighted by atomic mass is 32.1. The number of hydrogen-bond acceptors (Lipinski definition) is 6. The lowest BCUT2D eigenvalue weighted by atomic mass is 10.3. The summed E-state index contributed by atoms with van der Waals surface area (Å²) in [4.78, 5) is 31.7. The van der Waals surface area contributed by atoms with Crippen molar-refractivity contribution in [2.75, 3.05) is 13.2 Å². The van der Waals surface area contributed by atoms with Crippen molar-refractivity contribution >= 4 is 23.2 Å². The molecule has 0 aliphatic heterocycles. The highest BCUT2D eigenvalue weighted by Gasteiger charge is 2.09. The van der Waals surface area contributed by atoms with Gasteiger partial charge in [0.1, 0.15) is 5.01 Å². The van der Waals surface area contributed by atoms with Gasteiger partial charge in [0, 0.05) is 24.5 Å². The lowest BCUT2D eigenvalue weighted by Gasteiger charge is -2.04. The zero-order chi connectivity index (χ0) is 16.5. The highest BCUT2D eigenvalue weighted by Crippen LogP contribution is 2.21. The number of carbonyl (C=O) groups excluding carboxylic acids is 2. The molecule has 6 nitrogen and oxygen atoms in total. The SMILES string of the molecule is CCOC(=O)CCCNC(=O)Cc1csc(-c2ccccn2)n1. The summed E-state index contributed by atoms with van der Waals surface area (Å²) in [5.74, 6) is -0.340. The van der Waals surface area contributed by atoms with Gasteiger partial charge < -0.3 is 10.1 Å². The molecule has 0 spiro atoms. The minimum atomic E-state index is -0.235. The number of nitrogens with one attached hydrogen (secondary N) is 1. The zero-order valence-corrected chi connectivity index (χ0v) is 13.8. The zero-order valence-electron chi connectivity index (χ0n) is 12.9. The van der Waals surface area contributed by atoms with Crippen LogP contribution in [0, 0.1) is 0 Å². The summed E-state index contributed by atoms with van der Waals surface area (Å²) >= 11 is 1.47. The van der Waals surface area contributed by atoms with Crippen LogP contribution in [0.5, 0.6) is 0 Å². The normalized spacial score (nSPS) is 10.3. The van der Waals surface area contributed by atoms with Gasteiger partial charge in [0.25, 0.3) is 0 Å². The predicted molar refractivity (Wildman–Crippen MR) is 87.9 cm³/mol. The summed E-state index contributed by atoms with van der Waals surface area (Å²) in [5.41, 5.74) is 1.53. The Labute approximate surface area is 138 Å². The van der Waals surface area contributed by atoms with E-state index in [1.165, 1.54) is 11.3 Å². The van der Waals surface area contributed by atoms with Gasteiger partial charge in [-0.25, -0.2) is 4.98 Å². The van der Waals surface area contributed by atoms with Crippen LogP contribution in [0.3, 0.4) is 0 Å². The van der Waals surface area contributed by atoms with E-state index >= 15 is 0 Å². The monoisotopic (exact) mass is 333 g/mol. The van der Waals surface area contributed by atoms with E-state index in [9.17, 15) is 9.59 Å². The van der Waals surface area contributed by atoms with Crippen molar-refractivity contribution in [1.82, 2.24) is 15.3 Å². The fraction of sp³-hybridized carbons (Fsp3) is 0.375. The number of nitrogens with zero attached hydrogens (tertiary/aromatic N) is 2. The standard InChI is InChI=1S/C16H19N3O3S/c1-2-22-15(21)7-5-9-18-14(20)10-12-11-23-16(19-12)13-6-3-4-8-17-13/h3-4,6,8,11H,2,5,7,9-10H2,1H3,(H,18,20). The number of aromatic nitrogens is 2. The van der Waals surface area contributed by atoms with Crippen LogP contribution in [0.1, 0.15) is 25.5 Å². The van der Waals surface area contributed by atoms with Gasteiger partial charge in [0.15, 0.2) is 0 Å². The van der Waals surface area contributed by atoms with Crippen LogP contribution < -0.4 is 5.32 Å². The molecule has 0 aliphatic rings. The minimum Gasteiger partial charge on any atom is -0.466 e. The molecule has 0 saturated carbocycles. The largest absolute Gasteiger partial charge is 0.466 e. The molecule has 23 heavy (non-hydrogen) atoms. The van der Waals surface area contributed by atoms with E-state index in [0.29, 0.717) is 26.0 Å². The number of pyridine rings is 1. The van der Waals surface area contributed by atoms with Crippen LogP contribution >= 0.6 is 11.3 Å². The van der Waals surface area contributed by atoms with Gasteiger partial charge in [-0.2, -0.15) is 0 Å². The topological polar surface area (TPSA) is 81.2 Å². The highest BCUT2D eigenvalue weighted by molar-refractivity contribution is 7.13. The van der Waals surface area contributed by atoms with Crippen LogP contribution in [0.4, 0.5) is 0 Å². The van der Waals surface area contributed by atoms with E-state index in [1.807, 2.05) is 23.6 Å². The molecule has 0 fully saturated rings. The van der Waals surface area contributed by atoms with E-state index in [1.54, 1.807) is 13.1 Å². The number of carbonyl (C=O) groups is 2. The smallest absolute Gasteiger partial charge is 0.305 e. The molecule has 7 heteroatoms. The summed E-state index contributed by atoms with van der Waals surface area (Å²) < 4.78 is 4.82. The van der Waals surface area contributed by atoms with Crippen molar-refractivity contribution in [3.63, 3.8) is 0 Å². The van der Waals surface area contributed by atoms with Gasteiger partial charge in [0.05, 0.1) is 24.4 Å². The van der Waals surface area contributed by atoms with Gasteiger partial charge in [0.2, 0.25) is 5.91 Å². The molecule has 1 N–H and O–H groups in total. The van der Waals surface area contributed by atoms with Gasteiger partial charge in [-0.15, -0.1) is 11.3 Å². The second kappa shape index (κ2) is 8.99. The molecule has 0 aliphatic carbocycles. The lowest BCUT2D eigenvalue weighted by Crippen LogP contribution is -2.26. The molecule has 2 heterocycles. The first-order valence-electron chi connectivity index (χ1n) is 7.47. The molecule has 0 saturated heterocycles. The van der Waals surface area contributed by atoms with Gasteiger partial charge >= 0.3 is 5.97 Å². The third-order valence-corrected chi connectivity index (χ3v) is 3.88. The van der Waals surface area contributed by atoms with Crippen molar-refractivity contribution in [3.8, 4) is 10.7 Å². The van der Waals surface area contributed by atoms with Gasteiger partial charge in [-0.1, -0.05) is 6.07 Å². The maximum absolute atomic E-state index is 11.9. The van der Waals surface area contributed by atoms with E-state index < -0.39 is 0 Å². The Kier molecular flexibility index (Phi) is 6.68. The molecule has 2 aromatic rings. The van der Waals surface area contributed by atoms with Gasteiger partial charge in [-0.05, 0) is 25.5 Å². The van der Waals surface area contributed by atoms with Crippen LogP contribution in [0.2, 0.25) is 0 Å². The third kappa shape index (κ3) is 5.78. The fourth-order valence-corrected chi connectivity index (χ4v) is 2.71. The number of rotatable bonds is 8. The maximum Gasteiger partial charge on any atom is 0.305 e. The van der Waals surface area contributed by atoms with E-state index in [2.05, 4.69) is 15.3 Å². The first-order valence-corrected chi connectivity index (χ1v) is 8.35. The first kappa shape index (κ1) is 17.1. The summed E-state index contributed by atoms with van der Waals surface area (Å²) in [7, 11) is 0. The first-order chi connectivity index (χ1) is 11.2. The molecule has 122 valence electrons. The third-order valence-electron chi connectivity index (χ3n) is 2.96. The molecule has 0 bridgehead atoms. The Morgan fingerprint density at radius 2 is 2.22 bits per heavy atom.